The fourth-order valence-electron chi connectivity index (χ4n) is 3.66. The molecule has 3 rings (SSSR count). The van der Waals surface area contributed by atoms with Crippen molar-refractivity contribution >= 4 is 17.4 Å². The third-order valence-corrected chi connectivity index (χ3v) is 5.14. The highest BCUT2D eigenvalue weighted by molar-refractivity contribution is 5.94. The average molecular weight is 379 g/mol. The number of anilines is 1. The molecule has 0 amide bonds. The maximum Gasteiger partial charge on any atom is 0.310 e. The van der Waals surface area contributed by atoms with Crippen molar-refractivity contribution < 1.29 is 19.1 Å². The molecule has 5 nitrogen and oxygen atoms in total. The van der Waals surface area contributed by atoms with Gasteiger partial charge in [-0.05, 0) is 17.7 Å². The summed E-state index contributed by atoms with van der Waals surface area (Å²) in [6, 6.07) is 15.3. The number of rotatable bonds is 6. The Balaban J connectivity index is 1.65. The molecule has 1 heterocycles. The number of likely N-dealkylation sites (N-methyl/N-ethyl adjacent to an activating group) is 1. The molecule has 0 aromatic heterocycles. The van der Waals surface area contributed by atoms with Gasteiger partial charge in [0.25, 0.3) is 0 Å². The Morgan fingerprint density at radius 2 is 1.75 bits per heavy atom. The molecule has 0 bridgehead atoms. The molecular formula is C23H25NO4. The zero-order chi connectivity index (χ0) is 20.3. The summed E-state index contributed by atoms with van der Waals surface area (Å²) in [6.07, 6.45) is 1.64. The number of esters is 1. The molecule has 0 radical (unpaired) electrons. The molecular weight excluding hydrogens is 354 g/mol. The third kappa shape index (κ3) is 3.79. The molecule has 0 N–H and O–H groups in total. The predicted octanol–water partition coefficient (Wildman–Crippen LogP) is 3.66. The monoisotopic (exact) mass is 379 g/mol. The van der Waals surface area contributed by atoms with Gasteiger partial charge in [-0.25, -0.2) is 0 Å². The number of fused-ring (bicyclic) bond motifs is 1. The first kappa shape index (κ1) is 19.7. The Morgan fingerprint density at radius 3 is 2.46 bits per heavy atom. The van der Waals surface area contributed by atoms with Gasteiger partial charge in [0.1, 0.15) is 5.75 Å². The summed E-state index contributed by atoms with van der Waals surface area (Å²) in [5, 5.41) is 0. The number of hydrogen-bond donors (Lipinski definition) is 0. The number of hydrogen-bond acceptors (Lipinski definition) is 5. The smallest absolute Gasteiger partial charge is 0.310 e. The van der Waals surface area contributed by atoms with Crippen LogP contribution in [-0.2, 0) is 26.2 Å². The summed E-state index contributed by atoms with van der Waals surface area (Å²) in [5.41, 5.74) is 3.58. The van der Waals surface area contributed by atoms with Crippen molar-refractivity contribution in [3.05, 3.63) is 71.4 Å². The maximum atomic E-state index is 12.5. The van der Waals surface area contributed by atoms with E-state index in [9.17, 15) is 9.59 Å². The number of ketones is 1. The summed E-state index contributed by atoms with van der Waals surface area (Å²) < 4.78 is 10.4. The van der Waals surface area contributed by atoms with E-state index in [1.165, 1.54) is 5.56 Å². The molecule has 0 saturated heterocycles. The molecule has 0 spiro atoms. The van der Waals surface area contributed by atoms with E-state index >= 15 is 0 Å². The Labute approximate surface area is 165 Å². The highest BCUT2D eigenvalue weighted by Crippen LogP contribution is 2.46. The Bertz CT molecular complexity index is 930. The van der Waals surface area contributed by atoms with Crippen molar-refractivity contribution in [2.24, 2.45) is 0 Å². The average Bonchev–Trinajstić information content (AvgIpc) is 2.88. The molecule has 2 aromatic carbocycles. The highest BCUT2D eigenvalue weighted by Gasteiger charge is 2.38. The van der Waals surface area contributed by atoms with Crippen LogP contribution in [0.1, 0.15) is 25.0 Å². The first-order chi connectivity index (χ1) is 13.3. The van der Waals surface area contributed by atoms with E-state index in [-0.39, 0.29) is 24.2 Å². The predicted molar refractivity (Wildman–Crippen MR) is 109 cm³/mol. The zero-order valence-corrected chi connectivity index (χ0v) is 16.7. The van der Waals surface area contributed by atoms with Gasteiger partial charge in [-0.2, -0.15) is 0 Å². The van der Waals surface area contributed by atoms with Crippen molar-refractivity contribution in [1.29, 1.82) is 0 Å². The first-order valence-electron chi connectivity index (χ1n) is 9.20. The lowest BCUT2D eigenvalue weighted by atomic mass is 9.83. The molecule has 0 unspecified atom stereocenters. The number of ether oxygens (including phenoxy) is 2. The SMILES string of the molecule is COc1ccccc1CC(=O)OCC(=O)/C=C1/N(C)c2ccccc2C1(C)C. The molecule has 2 aromatic rings. The summed E-state index contributed by atoms with van der Waals surface area (Å²) in [6.45, 7) is 3.89. The summed E-state index contributed by atoms with van der Waals surface area (Å²) in [7, 11) is 3.50. The number of allylic oxidation sites excluding steroid dienone is 1. The van der Waals surface area contributed by atoms with Gasteiger partial charge in [-0.3, -0.25) is 9.59 Å². The molecule has 0 saturated carbocycles. The van der Waals surface area contributed by atoms with Crippen LogP contribution in [0.4, 0.5) is 5.69 Å². The molecule has 5 heteroatoms. The fourth-order valence-corrected chi connectivity index (χ4v) is 3.66. The van der Waals surface area contributed by atoms with Gasteiger partial charge < -0.3 is 14.4 Å². The number of para-hydroxylation sites is 2. The van der Waals surface area contributed by atoms with Gasteiger partial charge in [-0.15, -0.1) is 0 Å². The quantitative estimate of drug-likeness (QED) is 0.566. The van der Waals surface area contributed by atoms with Gasteiger partial charge in [0.2, 0.25) is 0 Å². The third-order valence-electron chi connectivity index (χ3n) is 5.14. The highest BCUT2D eigenvalue weighted by atomic mass is 16.5. The van der Waals surface area contributed by atoms with Gasteiger partial charge in [0, 0.05) is 35.5 Å². The lowest BCUT2D eigenvalue weighted by Gasteiger charge is -2.23. The van der Waals surface area contributed by atoms with Gasteiger partial charge in [-0.1, -0.05) is 50.2 Å². The molecule has 28 heavy (non-hydrogen) atoms. The number of methoxy groups -OCH3 is 1. The van der Waals surface area contributed by atoms with Crippen LogP contribution in [0.2, 0.25) is 0 Å². The number of carbonyl (C=O) groups is 2. The van der Waals surface area contributed by atoms with Gasteiger partial charge in [0.15, 0.2) is 12.4 Å². The van der Waals surface area contributed by atoms with E-state index in [0.717, 1.165) is 16.9 Å². The molecule has 0 aliphatic carbocycles. The summed E-state index contributed by atoms with van der Waals surface area (Å²) in [4.78, 5) is 26.6. The van der Waals surface area contributed by atoms with E-state index in [1.54, 1.807) is 25.3 Å². The molecule has 1 aliphatic heterocycles. The minimum absolute atomic E-state index is 0.0602. The van der Waals surface area contributed by atoms with Crippen LogP contribution in [0.25, 0.3) is 0 Å². The van der Waals surface area contributed by atoms with E-state index in [0.29, 0.717) is 5.75 Å². The van der Waals surface area contributed by atoms with Crippen LogP contribution in [0.15, 0.2) is 60.3 Å². The van der Waals surface area contributed by atoms with Gasteiger partial charge in [0.05, 0.1) is 13.5 Å². The Morgan fingerprint density at radius 1 is 1.07 bits per heavy atom. The van der Waals surface area contributed by atoms with Gasteiger partial charge >= 0.3 is 5.97 Å². The van der Waals surface area contributed by atoms with Crippen LogP contribution in [0.5, 0.6) is 5.75 Å². The largest absolute Gasteiger partial charge is 0.496 e. The van der Waals surface area contributed by atoms with Crippen molar-refractivity contribution in [3.8, 4) is 5.75 Å². The zero-order valence-electron chi connectivity index (χ0n) is 16.7. The Hall–Kier alpha value is -3.08. The van der Waals surface area contributed by atoms with Crippen LogP contribution in [-0.4, -0.2) is 32.5 Å². The summed E-state index contributed by atoms with van der Waals surface area (Å²) >= 11 is 0. The topological polar surface area (TPSA) is 55.8 Å². The van der Waals surface area contributed by atoms with Crippen LogP contribution in [0, 0.1) is 0 Å². The standard InChI is InChI=1S/C23H25NO4/c1-23(2)18-10-6-7-11-19(18)24(3)21(23)14-17(25)15-28-22(26)13-16-9-5-8-12-20(16)27-4/h5-12,14H,13,15H2,1-4H3/b21-14+. The second-order valence-corrected chi connectivity index (χ2v) is 7.35. The maximum absolute atomic E-state index is 12.5. The second-order valence-electron chi connectivity index (χ2n) is 7.35. The van der Waals surface area contributed by atoms with Crippen molar-refractivity contribution in [3.63, 3.8) is 0 Å². The second kappa shape index (κ2) is 7.89. The van der Waals surface area contributed by atoms with Crippen LogP contribution < -0.4 is 9.64 Å². The number of benzene rings is 2. The van der Waals surface area contributed by atoms with E-state index in [2.05, 4.69) is 19.9 Å². The summed E-state index contributed by atoms with van der Waals surface area (Å²) in [5.74, 6) is -0.0744. The molecule has 146 valence electrons. The van der Waals surface area contributed by atoms with E-state index < -0.39 is 5.97 Å². The normalized spacial score (nSPS) is 16.0. The number of nitrogens with zero attached hydrogens (tertiary/aromatic N) is 1. The minimum atomic E-state index is -0.460. The van der Waals surface area contributed by atoms with Crippen molar-refractivity contribution in [1.82, 2.24) is 0 Å². The van der Waals surface area contributed by atoms with Crippen LogP contribution >= 0.6 is 0 Å². The lowest BCUT2D eigenvalue weighted by molar-refractivity contribution is -0.146. The first-order valence-corrected chi connectivity index (χ1v) is 9.20. The van der Waals surface area contributed by atoms with E-state index in [1.807, 2.05) is 42.3 Å². The van der Waals surface area contributed by atoms with Crippen LogP contribution in [0.3, 0.4) is 0 Å². The van der Waals surface area contributed by atoms with Crippen molar-refractivity contribution in [2.75, 3.05) is 25.7 Å². The van der Waals surface area contributed by atoms with E-state index in [4.69, 9.17) is 9.47 Å². The van der Waals surface area contributed by atoms with Crippen molar-refractivity contribution in [2.45, 2.75) is 25.7 Å². The molecule has 0 atom stereocenters. The number of carbonyl (C=O) groups excluding carboxylic acids is 2. The minimum Gasteiger partial charge on any atom is -0.496 e. The fraction of sp³-hybridized carbons (Fsp3) is 0.304. The molecule has 1 aliphatic rings. The lowest BCUT2D eigenvalue weighted by Crippen LogP contribution is -2.25. The molecule has 0 fully saturated rings. The Kier molecular flexibility index (Phi) is 5.54.